The van der Waals surface area contributed by atoms with Crippen molar-refractivity contribution < 1.29 is 14.3 Å². The van der Waals surface area contributed by atoms with Crippen molar-refractivity contribution in [2.75, 3.05) is 33.4 Å². The molecule has 1 amide bonds. The molecule has 0 aliphatic rings. The number of carbonyl (C=O) groups is 1. The number of benzene rings is 1. The van der Waals surface area contributed by atoms with Gasteiger partial charge >= 0.3 is 0 Å². The lowest BCUT2D eigenvalue weighted by molar-refractivity contribution is -0.127. The summed E-state index contributed by atoms with van der Waals surface area (Å²) in [7, 11) is 1.66. The van der Waals surface area contributed by atoms with Gasteiger partial charge in [-0.3, -0.25) is 4.79 Å². The Kier molecular flexibility index (Phi) is 10.8. The summed E-state index contributed by atoms with van der Waals surface area (Å²) in [6.07, 6.45) is -0.499. The molecule has 6 heteroatoms. The fourth-order valence-corrected chi connectivity index (χ4v) is 1.47. The number of hydrogen-bond donors (Lipinski definition) is 2. The molecule has 5 nitrogen and oxygen atoms in total. The van der Waals surface area contributed by atoms with E-state index >= 15 is 0 Å². The van der Waals surface area contributed by atoms with Crippen molar-refractivity contribution in [3.8, 4) is 5.75 Å². The van der Waals surface area contributed by atoms with E-state index in [0.29, 0.717) is 25.4 Å². The van der Waals surface area contributed by atoms with Crippen molar-refractivity contribution in [3.05, 3.63) is 30.3 Å². The number of para-hydroxylation sites is 1. The highest BCUT2D eigenvalue weighted by Gasteiger charge is 2.13. The van der Waals surface area contributed by atoms with Crippen LogP contribution in [0.15, 0.2) is 30.3 Å². The second-order valence-electron chi connectivity index (χ2n) is 4.11. The smallest absolute Gasteiger partial charge is 0.260 e. The second kappa shape index (κ2) is 11.5. The maximum absolute atomic E-state index is 11.7. The zero-order valence-electron chi connectivity index (χ0n) is 11.9. The summed E-state index contributed by atoms with van der Waals surface area (Å²) in [5.74, 6) is 0.584. The molecule has 0 bridgehead atoms. The maximum Gasteiger partial charge on any atom is 0.260 e. The lowest BCUT2D eigenvalue weighted by Gasteiger charge is -2.14. The molecule has 0 heterocycles. The van der Waals surface area contributed by atoms with Gasteiger partial charge in [-0.05, 0) is 19.1 Å². The molecule has 0 aromatic heterocycles. The molecular weight excluding hydrogens is 280 g/mol. The van der Waals surface area contributed by atoms with Crippen LogP contribution in [0.3, 0.4) is 0 Å². The van der Waals surface area contributed by atoms with E-state index in [1.165, 1.54) is 0 Å². The van der Waals surface area contributed by atoms with E-state index in [1.807, 2.05) is 30.3 Å². The van der Waals surface area contributed by atoms with Gasteiger partial charge in [-0.2, -0.15) is 0 Å². The van der Waals surface area contributed by atoms with Crippen LogP contribution in [0.4, 0.5) is 0 Å². The largest absolute Gasteiger partial charge is 0.481 e. The van der Waals surface area contributed by atoms with Gasteiger partial charge in [0, 0.05) is 26.7 Å². The average Bonchev–Trinajstić information content (AvgIpc) is 2.43. The van der Waals surface area contributed by atoms with Crippen LogP contribution in [-0.4, -0.2) is 45.4 Å². The molecule has 0 aliphatic heterocycles. The molecule has 1 aromatic carbocycles. The summed E-state index contributed by atoms with van der Waals surface area (Å²) >= 11 is 0. The van der Waals surface area contributed by atoms with Crippen LogP contribution in [0.25, 0.3) is 0 Å². The minimum atomic E-state index is -0.499. The summed E-state index contributed by atoms with van der Waals surface area (Å²) in [6.45, 7) is 4.47. The molecule has 0 fully saturated rings. The number of hydrogen-bond acceptors (Lipinski definition) is 4. The summed E-state index contributed by atoms with van der Waals surface area (Å²) in [4.78, 5) is 11.7. The van der Waals surface area contributed by atoms with Crippen LogP contribution in [0.5, 0.6) is 5.75 Å². The predicted octanol–water partition coefficient (Wildman–Crippen LogP) is 1.23. The first kappa shape index (κ1) is 18.7. The number of carbonyl (C=O) groups excluding carboxylic acids is 1. The lowest BCUT2D eigenvalue weighted by atomic mass is 10.3. The first-order valence-electron chi connectivity index (χ1n) is 6.43. The highest BCUT2D eigenvalue weighted by atomic mass is 35.5. The molecule has 2 N–H and O–H groups in total. The first-order chi connectivity index (χ1) is 9.24. The fraction of sp³-hybridized carbons (Fsp3) is 0.500. The highest BCUT2D eigenvalue weighted by Crippen LogP contribution is 2.10. The topological polar surface area (TPSA) is 59.6 Å². The summed E-state index contributed by atoms with van der Waals surface area (Å²) in [5, 5.41) is 5.96. The Bertz CT molecular complexity index is 363. The van der Waals surface area contributed by atoms with Gasteiger partial charge in [0.2, 0.25) is 0 Å². The molecule has 0 saturated heterocycles. The molecule has 0 spiro atoms. The zero-order valence-corrected chi connectivity index (χ0v) is 12.7. The van der Waals surface area contributed by atoms with E-state index in [0.717, 1.165) is 6.54 Å². The molecule has 1 unspecified atom stereocenters. The van der Waals surface area contributed by atoms with Gasteiger partial charge < -0.3 is 20.1 Å². The van der Waals surface area contributed by atoms with Gasteiger partial charge in [0.15, 0.2) is 6.10 Å². The highest BCUT2D eigenvalue weighted by molar-refractivity contribution is 5.85. The molecule has 114 valence electrons. The Hall–Kier alpha value is -1.30. The van der Waals surface area contributed by atoms with E-state index in [-0.39, 0.29) is 18.3 Å². The van der Waals surface area contributed by atoms with Gasteiger partial charge in [0.1, 0.15) is 5.75 Å². The second-order valence-corrected chi connectivity index (χ2v) is 4.11. The third-order valence-corrected chi connectivity index (χ3v) is 2.51. The predicted molar refractivity (Wildman–Crippen MR) is 81.5 cm³/mol. The SMILES string of the molecule is COCCNCCNC(=O)C(C)Oc1ccccc1.Cl. The molecule has 0 radical (unpaired) electrons. The summed E-state index contributed by atoms with van der Waals surface area (Å²) in [5.41, 5.74) is 0. The van der Waals surface area contributed by atoms with Crippen LogP contribution in [0, 0.1) is 0 Å². The minimum Gasteiger partial charge on any atom is -0.481 e. The van der Waals surface area contributed by atoms with Crippen LogP contribution in [0.2, 0.25) is 0 Å². The van der Waals surface area contributed by atoms with Crippen molar-refractivity contribution in [1.29, 1.82) is 0 Å². The van der Waals surface area contributed by atoms with E-state index in [4.69, 9.17) is 9.47 Å². The third kappa shape index (κ3) is 7.99. The maximum atomic E-state index is 11.7. The van der Waals surface area contributed by atoms with Crippen LogP contribution in [-0.2, 0) is 9.53 Å². The van der Waals surface area contributed by atoms with Gasteiger partial charge in [-0.15, -0.1) is 12.4 Å². The standard InChI is InChI=1S/C14H22N2O3.ClH/c1-12(19-13-6-4-3-5-7-13)14(17)16-9-8-15-10-11-18-2;/h3-7,12,15H,8-11H2,1-2H3,(H,16,17);1H. The van der Waals surface area contributed by atoms with E-state index in [1.54, 1.807) is 14.0 Å². The number of rotatable bonds is 9. The number of amides is 1. The Morgan fingerprint density at radius 2 is 1.90 bits per heavy atom. The average molecular weight is 303 g/mol. The summed E-state index contributed by atoms with van der Waals surface area (Å²) < 4.78 is 10.4. The molecular formula is C14H23ClN2O3. The number of ether oxygens (including phenoxy) is 2. The van der Waals surface area contributed by atoms with E-state index < -0.39 is 6.10 Å². The van der Waals surface area contributed by atoms with Gasteiger partial charge in [0.05, 0.1) is 6.61 Å². The number of methoxy groups -OCH3 is 1. The van der Waals surface area contributed by atoms with Gasteiger partial charge in [-0.1, -0.05) is 18.2 Å². The molecule has 1 aromatic rings. The molecule has 0 saturated carbocycles. The molecule has 1 rings (SSSR count). The zero-order chi connectivity index (χ0) is 13.9. The summed E-state index contributed by atoms with van der Waals surface area (Å²) in [6, 6.07) is 9.31. The van der Waals surface area contributed by atoms with Crippen molar-refractivity contribution in [3.63, 3.8) is 0 Å². The van der Waals surface area contributed by atoms with E-state index in [2.05, 4.69) is 10.6 Å². The van der Waals surface area contributed by atoms with Crippen molar-refractivity contribution in [2.24, 2.45) is 0 Å². The van der Waals surface area contributed by atoms with Gasteiger partial charge in [0.25, 0.3) is 5.91 Å². The fourth-order valence-electron chi connectivity index (χ4n) is 1.47. The molecule has 0 aliphatic carbocycles. The van der Waals surface area contributed by atoms with Crippen molar-refractivity contribution >= 4 is 18.3 Å². The van der Waals surface area contributed by atoms with E-state index in [9.17, 15) is 4.79 Å². The van der Waals surface area contributed by atoms with Crippen LogP contribution >= 0.6 is 12.4 Å². The third-order valence-electron chi connectivity index (χ3n) is 2.51. The van der Waals surface area contributed by atoms with Crippen molar-refractivity contribution in [2.45, 2.75) is 13.0 Å². The monoisotopic (exact) mass is 302 g/mol. The Morgan fingerprint density at radius 3 is 2.55 bits per heavy atom. The quantitative estimate of drug-likeness (QED) is 0.674. The van der Waals surface area contributed by atoms with Gasteiger partial charge in [-0.25, -0.2) is 0 Å². The van der Waals surface area contributed by atoms with Crippen LogP contribution < -0.4 is 15.4 Å². The van der Waals surface area contributed by atoms with Crippen molar-refractivity contribution in [1.82, 2.24) is 10.6 Å². The Labute approximate surface area is 126 Å². The molecule has 20 heavy (non-hydrogen) atoms. The first-order valence-corrected chi connectivity index (χ1v) is 6.43. The Balaban J connectivity index is 0.00000361. The normalized spacial score (nSPS) is 11.3. The minimum absolute atomic E-state index is 0. The molecule has 1 atom stereocenters. The Morgan fingerprint density at radius 1 is 1.20 bits per heavy atom. The lowest BCUT2D eigenvalue weighted by Crippen LogP contribution is -2.40. The number of halogens is 1. The van der Waals surface area contributed by atoms with Crippen LogP contribution in [0.1, 0.15) is 6.92 Å². The number of nitrogens with one attached hydrogen (secondary N) is 2.